The van der Waals surface area contributed by atoms with Crippen LogP contribution >= 0.6 is 0 Å². The normalized spacial score (nSPS) is 15.4. The summed E-state index contributed by atoms with van der Waals surface area (Å²) in [6, 6.07) is 0. The Morgan fingerprint density at radius 2 is 1.95 bits per heavy atom. The van der Waals surface area contributed by atoms with Crippen LogP contribution in [-0.2, 0) is 16.6 Å². The highest BCUT2D eigenvalue weighted by Crippen LogP contribution is 2.23. The fraction of sp³-hybridized carbons (Fsp3) is 0.786. The first kappa shape index (κ1) is 18.1. The highest BCUT2D eigenvalue weighted by Gasteiger charge is 2.33. The van der Waals surface area contributed by atoms with E-state index in [1.807, 2.05) is 27.7 Å². The summed E-state index contributed by atoms with van der Waals surface area (Å²) in [6.07, 6.45) is 0.683. The Labute approximate surface area is 128 Å². The Hall–Kier alpha value is -0.920. The lowest BCUT2D eigenvalue weighted by molar-refractivity contribution is 0.344. The van der Waals surface area contributed by atoms with Gasteiger partial charge in [-0.15, -0.1) is 0 Å². The van der Waals surface area contributed by atoms with E-state index in [1.54, 1.807) is 18.5 Å². The maximum Gasteiger partial charge on any atom is 0.244 e. The summed E-state index contributed by atoms with van der Waals surface area (Å²) in [6.45, 7) is 12.3. The molecule has 3 N–H and O–H groups in total. The van der Waals surface area contributed by atoms with E-state index in [0.29, 0.717) is 30.3 Å². The van der Waals surface area contributed by atoms with Crippen molar-refractivity contribution in [2.24, 2.45) is 11.7 Å². The van der Waals surface area contributed by atoms with Crippen molar-refractivity contribution in [3.63, 3.8) is 0 Å². The standard InChI is InChI=1S/C14H28N4O2S/c1-7-18-12(5)13(11(4)16-18)21(19,20)17-14(6,9-15)8-10(2)3/h10,17H,7-9,15H2,1-6H3/t14-/m0/s1. The molecule has 0 fully saturated rings. The third-order valence-corrected chi connectivity index (χ3v) is 5.46. The summed E-state index contributed by atoms with van der Waals surface area (Å²) in [7, 11) is -3.64. The van der Waals surface area contributed by atoms with Crippen molar-refractivity contribution in [3.05, 3.63) is 11.4 Å². The molecule has 0 aromatic carbocycles. The molecule has 0 aliphatic rings. The number of hydrogen-bond acceptors (Lipinski definition) is 4. The second-order valence-electron chi connectivity index (χ2n) is 6.28. The van der Waals surface area contributed by atoms with Crippen LogP contribution in [0.15, 0.2) is 4.90 Å². The fourth-order valence-electron chi connectivity index (χ4n) is 2.82. The number of nitrogens with two attached hydrogens (primary N) is 1. The molecular formula is C14H28N4O2S. The largest absolute Gasteiger partial charge is 0.329 e. The molecule has 0 aliphatic carbocycles. The Bertz CT molecular complexity index is 592. The molecule has 0 unspecified atom stereocenters. The van der Waals surface area contributed by atoms with Gasteiger partial charge in [0.1, 0.15) is 4.90 Å². The predicted molar refractivity (Wildman–Crippen MR) is 84.6 cm³/mol. The van der Waals surface area contributed by atoms with E-state index >= 15 is 0 Å². The molecule has 1 atom stereocenters. The van der Waals surface area contributed by atoms with Crippen molar-refractivity contribution < 1.29 is 8.42 Å². The minimum absolute atomic E-state index is 0.254. The zero-order valence-electron chi connectivity index (χ0n) is 13.9. The van der Waals surface area contributed by atoms with Crippen molar-refractivity contribution in [1.82, 2.24) is 14.5 Å². The Morgan fingerprint density at radius 3 is 2.33 bits per heavy atom. The van der Waals surface area contributed by atoms with Crippen LogP contribution in [0.25, 0.3) is 0 Å². The van der Waals surface area contributed by atoms with E-state index in [-0.39, 0.29) is 11.4 Å². The first-order valence-corrected chi connectivity index (χ1v) is 8.82. The van der Waals surface area contributed by atoms with E-state index in [9.17, 15) is 8.42 Å². The van der Waals surface area contributed by atoms with Gasteiger partial charge in [0.25, 0.3) is 0 Å². The van der Waals surface area contributed by atoms with Crippen LogP contribution in [-0.4, -0.2) is 30.3 Å². The maximum absolute atomic E-state index is 12.7. The molecule has 1 aromatic rings. The predicted octanol–water partition coefficient (Wildman–Crippen LogP) is 1.56. The van der Waals surface area contributed by atoms with Crippen molar-refractivity contribution in [2.75, 3.05) is 6.54 Å². The SMILES string of the molecule is CCn1nc(C)c(S(=O)(=O)N[C@](C)(CN)CC(C)C)c1C. The lowest BCUT2D eigenvalue weighted by Crippen LogP contribution is -2.52. The average molecular weight is 316 g/mol. The number of hydrogen-bond donors (Lipinski definition) is 2. The van der Waals surface area contributed by atoms with Crippen molar-refractivity contribution in [1.29, 1.82) is 0 Å². The van der Waals surface area contributed by atoms with Crippen LogP contribution in [0.1, 0.15) is 45.5 Å². The van der Waals surface area contributed by atoms with E-state index in [2.05, 4.69) is 9.82 Å². The maximum atomic E-state index is 12.7. The lowest BCUT2D eigenvalue weighted by atomic mass is 9.92. The number of sulfonamides is 1. The van der Waals surface area contributed by atoms with Gasteiger partial charge < -0.3 is 5.73 Å². The van der Waals surface area contributed by atoms with Crippen molar-refractivity contribution >= 4 is 10.0 Å². The smallest absolute Gasteiger partial charge is 0.244 e. The molecule has 0 amide bonds. The first-order chi connectivity index (χ1) is 9.56. The summed E-state index contributed by atoms with van der Waals surface area (Å²) in [5.74, 6) is 0.349. The summed E-state index contributed by atoms with van der Waals surface area (Å²) < 4.78 is 30.0. The van der Waals surface area contributed by atoms with Gasteiger partial charge in [-0.2, -0.15) is 5.10 Å². The molecule has 1 aromatic heterocycles. The topological polar surface area (TPSA) is 90.0 Å². The Kier molecular flexibility index (Phi) is 5.57. The van der Waals surface area contributed by atoms with Crippen LogP contribution in [0.3, 0.4) is 0 Å². The molecule has 0 spiro atoms. The fourth-order valence-corrected chi connectivity index (χ4v) is 4.66. The third kappa shape index (κ3) is 4.05. The van der Waals surface area contributed by atoms with Gasteiger partial charge in [-0.05, 0) is 40.0 Å². The van der Waals surface area contributed by atoms with Crippen LogP contribution in [0.2, 0.25) is 0 Å². The molecule has 0 saturated carbocycles. The number of nitrogens with one attached hydrogen (secondary N) is 1. The van der Waals surface area contributed by atoms with E-state index in [4.69, 9.17) is 5.73 Å². The quantitative estimate of drug-likeness (QED) is 0.799. The summed E-state index contributed by atoms with van der Waals surface area (Å²) in [5, 5.41) is 4.28. The van der Waals surface area contributed by atoms with Crippen LogP contribution in [0, 0.1) is 19.8 Å². The molecule has 0 saturated heterocycles. The number of rotatable bonds is 7. The molecule has 7 heteroatoms. The molecule has 1 rings (SSSR count). The summed E-state index contributed by atoms with van der Waals surface area (Å²) in [5.41, 5.74) is 6.33. The monoisotopic (exact) mass is 316 g/mol. The molecule has 21 heavy (non-hydrogen) atoms. The third-order valence-electron chi connectivity index (χ3n) is 3.57. The molecule has 6 nitrogen and oxygen atoms in total. The zero-order chi connectivity index (χ0) is 16.4. The summed E-state index contributed by atoms with van der Waals surface area (Å²) in [4.78, 5) is 0.271. The minimum atomic E-state index is -3.64. The number of nitrogens with zero attached hydrogens (tertiary/aromatic N) is 2. The van der Waals surface area contributed by atoms with E-state index < -0.39 is 15.6 Å². The average Bonchev–Trinajstić information content (AvgIpc) is 2.62. The highest BCUT2D eigenvalue weighted by atomic mass is 32.2. The molecular weight excluding hydrogens is 288 g/mol. The van der Waals surface area contributed by atoms with E-state index in [1.165, 1.54) is 0 Å². The minimum Gasteiger partial charge on any atom is -0.329 e. The molecule has 0 aliphatic heterocycles. The molecule has 122 valence electrons. The van der Waals surface area contributed by atoms with Gasteiger partial charge in [-0.1, -0.05) is 13.8 Å². The van der Waals surface area contributed by atoms with Gasteiger partial charge in [-0.25, -0.2) is 13.1 Å². The van der Waals surface area contributed by atoms with Gasteiger partial charge >= 0.3 is 0 Å². The zero-order valence-corrected chi connectivity index (χ0v) is 14.7. The Balaban J connectivity index is 3.20. The highest BCUT2D eigenvalue weighted by molar-refractivity contribution is 7.89. The van der Waals surface area contributed by atoms with Gasteiger partial charge in [0.2, 0.25) is 10.0 Å². The second-order valence-corrected chi connectivity index (χ2v) is 7.90. The lowest BCUT2D eigenvalue weighted by Gasteiger charge is -2.30. The summed E-state index contributed by atoms with van der Waals surface area (Å²) >= 11 is 0. The van der Waals surface area contributed by atoms with Crippen molar-refractivity contribution in [2.45, 2.75) is 64.9 Å². The van der Waals surface area contributed by atoms with Gasteiger partial charge in [0.15, 0.2) is 0 Å². The first-order valence-electron chi connectivity index (χ1n) is 7.34. The van der Waals surface area contributed by atoms with Gasteiger partial charge in [0, 0.05) is 18.6 Å². The van der Waals surface area contributed by atoms with Crippen molar-refractivity contribution in [3.8, 4) is 0 Å². The van der Waals surface area contributed by atoms with Gasteiger partial charge in [0.05, 0.1) is 11.4 Å². The van der Waals surface area contributed by atoms with Crippen LogP contribution in [0.5, 0.6) is 0 Å². The van der Waals surface area contributed by atoms with Crippen LogP contribution < -0.4 is 10.5 Å². The van der Waals surface area contributed by atoms with E-state index in [0.717, 1.165) is 0 Å². The molecule has 0 bridgehead atoms. The molecule has 0 radical (unpaired) electrons. The number of aryl methyl sites for hydroxylation is 2. The molecule has 1 heterocycles. The number of aromatic nitrogens is 2. The van der Waals surface area contributed by atoms with Crippen LogP contribution in [0.4, 0.5) is 0 Å². The second kappa shape index (κ2) is 6.46. The Morgan fingerprint density at radius 1 is 1.38 bits per heavy atom. The van der Waals surface area contributed by atoms with Gasteiger partial charge in [-0.3, -0.25) is 4.68 Å².